The zero-order chi connectivity index (χ0) is 25.0. The van der Waals surface area contributed by atoms with Crippen LogP contribution in [0.25, 0.3) is 0 Å². The van der Waals surface area contributed by atoms with Gasteiger partial charge >= 0.3 is 45.2 Å². The zero-order valence-electron chi connectivity index (χ0n) is 16.6. The molecule has 1 atom stereocenters. The molecule has 1 rings (SSSR count). The van der Waals surface area contributed by atoms with E-state index in [2.05, 4.69) is 14.2 Å². The van der Waals surface area contributed by atoms with E-state index in [1.807, 2.05) is 0 Å². The van der Waals surface area contributed by atoms with Crippen molar-refractivity contribution in [3.63, 3.8) is 0 Å². The molecule has 8 nitrogen and oxygen atoms in total. The summed E-state index contributed by atoms with van der Waals surface area (Å²) < 4.78 is 136. The van der Waals surface area contributed by atoms with E-state index >= 15 is 0 Å². The average molecular weight is 506 g/mol. The molecule has 0 aliphatic heterocycles. The molecule has 188 valence electrons. The Morgan fingerprint density at radius 1 is 1.00 bits per heavy atom. The quantitative estimate of drug-likeness (QED) is 0.158. The average Bonchev–Trinajstić information content (AvgIpc) is 2.68. The number of methoxy groups -OCH3 is 1. The molecule has 32 heavy (non-hydrogen) atoms. The van der Waals surface area contributed by atoms with Gasteiger partial charge < -0.3 is 14.2 Å². The maximum absolute atomic E-state index is 13.7. The van der Waals surface area contributed by atoms with Gasteiger partial charge in [-0.15, -0.1) is 0 Å². The van der Waals surface area contributed by atoms with Crippen LogP contribution in [0.5, 0.6) is 0 Å². The minimum absolute atomic E-state index is 0.172. The van der Waals surface area contributed by atoms with E-state index in [1.54, 1.807) is 0 Å². The van der Waals surface area contributed by atoms with Crippen molar-refractivity contribution in [3.8, 4) is 0 Å². The number of rotatable bonds is 10. The normalized spacial score (nSPS) is 18.7. The third-order valence-corrected chi connectivity index (χ3v) is 5.65. The summed E-state index contributed by atoms with van der Waals surface area (Å²) in [5.41, 5.74) is 0. The molecule has 0 heterocycles. The molecule has 0 radical (unpaired) electrons. The molecule has 0 spiro atoms. The smallest absolute Gasteiger partial charge is 0.464 e. The van der Waals surface area contributed by atoms with E-state index in [9.17, 15) is 48.7 Å². The number of alkyl halides is 7. The fraction of sp³-hybridized carbons (Fsp3) is 0.875. The molecule has 0 aromatic heterocycles. The lowest BCUT2D eigenvalue weighted by molar-refractivity contribution is -0.356. The van der Waals surface area contributed by atoms with Crippen LogP contribution in [0.3, 0.4) is 0 Å². The van der Waals surface area contributed by atoms with Crippen molar-refractivity contribution in [3.05, 3.63) is 0 Å². The lowest BCUT2D eigenvalue weighted by Crippen LogP contribution is -2.58. The van der Waals surface area contributed by atoms with Crippen LogP contribution in [-0.4, -0.2) is 61.8 Å². The third kappa shape index (κ3) is 6.01. The largest absolute Gasteiger partial charge is 0.468 e. The predicted molar refractivity (Wildman–Crippen MR) is 90.1 cm³/mol. The highest BCUT2D eigenvalue weighted by molar-refractivity contribution is 7.87. The van der Waals surface area contributed by atoms with Crippen LogP contribution in [0.4, 0.5) is 30.7 Å². The number of hydrogen-bond donors (Lipinski definition) is 1. The first kappa shape index (κ1) is 28.4. The Morgan fingerprint density at radius 3 is 1.97 bits per heavy atom. The minimum Gasteiger partial charge on any atom is -0.464 e. The molecule has 0 aromatic carbocycles. The molecule has 1 aliphatic carbocycles. The van der Waals surface area contributed by atoms with Crippen molar-refractivity contribution in [1.29, 1.82) is 0 Å². The number of ether oxygens (including phenoxy) is 3. The summed E-state index contributed by atoms with van der Waals surface area (Å²) in [5.74, 6) is -14.4. The SMILES string of the molecule is COC(=O)C(OCCCC(F)(F)C(F)(F)S(=O)(=O)O)(OC(=O)C1CCCCC1)C(F)(F)F. The van der Waals surface area contributed by atoms with Gasteiger partial charge in [0.1, 0.15) is 0 Å². The van der Waals surface area contributed by atoms with E-state index in [0.717, 1.165) is 6.42 Å². The fourth-order valence-electron chi connectivity index (χ4n) is 2.93. The molecule has 1 fully saturated rings. The molecular weight excluding hydrogens is 485 g/mol. The third-order valence-electron chi connectivity index (χ3n) is 4.70. The van der Waals surface area contributed by atoms with Crippen molar-refractivity contribution in [2.45, 2.75) is 68.1 Å². The summed E-state index contributed by atoms with van der Waals surface area (Å²) in [6.07, 6.45) is -7.07. The molecular formula is C16H21F7O8S. The van der Waals surface area contributed by atoms with Crippen molar-refractivity contribution >= 4 is 22.1 Å². The first-order valence-corrected chi connectivity index (χ1v) is 10.6. The highest BCUT2D eigenvalue weighted by atomic mass is 32.2. The minimum atomic E-state index is -6.54. The van der Waals surface area contributed by atoms with Gasteiger partial charge in [0.15, 0.2) is 0 Å². The second-order valence-corrected chi connectivity index (χ2v) is 8.47. The molecule has 0 aromatic rings. The zero-order valence-corrected chi connectivity index (χ0v) is 17.4. The number of halogens is 7. The number of hydrogen-bond acceptors (Lipinski definition) is 7. The van der Waals surface area contributed by atoms with Crippen LogP contribution in [-0.2, 0) is 33.9 Å². The first-order valence-electron chi connectivity index (χ1n) is 9.17. The van der Waals surface area contributed by atoms with Crippen LogP contribution in [0.15, 0.2) is 0 Å². The first-order chi connectivity index (χ1) is 14.4. The number of carbonyl (C=O) groups is 2. The summed E-state index contributed by atoms with van der Waals surface area (Å²) in [4.78, 5) is 24.0. The lowest BCUT2D eigenvalue weighted by atomic mass is 9.89. The predicted octanol–water partition coefficient (Wildman–Crippen LogP) is 3.45. The Balaban J connectivity index is 3.02. The summed E-state index contributed by atoms with van der Waals surface area (Å²) in [6.45, 7) is -1.50. The van der Waals surface area contributed by atoms with E-state index < -0.39 is 70.6 Å². The summed E-state index contributed by atoms with van der Waals surface area (Å²) in [5, 5.41) is -5.93. The second kappa shape index (κ2) is 10.1. The molecule has 16 heteroatoms. The van der Waals surface area contributed by atoms with Gasteiger partial charge in [0.2, 0.25) is 0 Å². The van der Waals surface area contributed by atoms with Crippen molar-refractivity contribution in [1.82, 2.24) is 0 Å². The standard InChI is InChI=1S/C16H21F7O8S/c1-29-12(25)14(15(19,20)21,31-11(24)10-6-3-2-4-7-10)30-9-5-8-13(17,18)16(22,23)32(26,27)28/h10H,2-9H2,1H3,(H,26,27,28). The van der Waals surface area contributed by atoms with E-state index in [-0.39, 0.29) is 12.8 Å². The van der Waals surface area contributed by atoms with Gasteiger partial charge in [0.05, 0.1) is 19.6 Å². The van der Waals surface area contributed by atoms with Crippen molar-refractivity contribution < 1.29 is 67.5 Å². The molecule has 0 saturated heterocycles. The van der Waals surface area contributed by atoms with Crippen LogP contribution in [0.1, 0.15) is 44.9 Å². The van der Waals surface area contributed by atoms with Crippen molar-refractivity contribution in [2.75, 3.05) is 13.7 Å². The molecule has 0 amide bonds. The topological polar surface area (TPSA) is 116 Å². The van der Waals surface area contributed by atoms with Crippen LogP contribution in [0.2, 0.25) is 0 Å². The molecule has 1 unspecified atom stereocenters. The van der Waals surface area contributed by atoms with Gasteiger partial charge in [0.25, 0.3) is 0 Å². The molecule has 0 bridgehead atoms. The van der Waals surface area contributed by atoms with E-state index in [1.165, 1.54) is 0 Å². The Hall–Kier alpha value is -1.68. The van der Waals surface area contributed by atoms with Gasteiger partial charge in [-0.2, -0.15) is 39.2 Å². The van der Waals surface area contributed by atoms with Crippen LogP contribution >= 0.6 is 0 Å². The second-order valence-electron chi connectivity index (χ2n) is 7.01. The molecule has 1 saturated carbocycles. The molecule has 1 N–H and O–H groups in total. The fourth-order valence-corrected chi connectivity index (χ4v) is 3.41. The van der Waals surface area contributed by atoms with Gasteiger partial charge in [-0.3, -0.25) is 9.35 Å². The van der Waals surface area contributed by atoms with Crippen LogP contribution in [0, 0.1) is 5.92 Å². The Labute approximate surface area is 178 Å². The summed E-state index contributed by atoms with van der Waals surface area (Å²) in [7, 11) is -6.04. The van der Waals surface area contributed by atoms with Gasteiger partial charge in [-0.1, -0.05) is 19.3 Å². The highest BCUT2D eigenvalue weighted by Crippen LogP contribution is 2.42. The van der Waals surface area contributed by atoms with Gasteiger partial charge in [0, 0.05) is 6.42 Å². The van der Waals surface area contributed by atoms with Crippen LogP contribution < -0.4 is 0 Å². The van der Waals surface area contributed by atoms with Crippen molar-refractivity contribution in [2.24, 2.45) is 5.92 Å². The summed E-state index contributed by atoms with van der Waals surface area (Å²) in [6, 6.07) is 0. The molecule has 1 aliphatic rings. The lowest BCUT2D eigenvalue weighted by Gasteiger charge is -2.33. The maximum Gasteiger partial charge on any atom is 0.468 e. The Morgan fingerprint density at radius 2 is 1.53 bits per heavy atom. The Bertz CT molecular complexity index is 778. The monoisotopic (exact) mass is 506 g/mol. The van der Waals surface area contributed by atoms with Gasteiger partial charge in [-0.05, 0) is 19.3 Å². The Kier molecular flexibility index (Phi) is 8.92. The highest BCUT2D eigenvalue weighted by Gasteiger charge is 2.68. The number of carbonyl (C=O) groups excluding carboxylic acids is 2. The van der Waals surface area contributed by atoms with Gasteiger partial charge in [-0.25, -0.2) is 4.79 Å². The summed E-state index contributed by atoms with van der Waals surface area (Å²) >= 11 is 0. The number of esters is 2. The maximum atomic E-state index is 13.7. The van der Waals surface area contributed by atoms with E-state index in [0.29, 0.717) is 20.0 Å². The van der Waals surface area contributed by atoms with E-state index in [4.69, 9.17) is 4.55 Å².